The van der Waals surface area contributed by atoms with Crippen molar-refractivity contribution in [3.63, 3.8) is 0 Å². The summed E-state index contributed by atoms with van der Waals surface area (Å²) in [6, 6.07) is 5.75. The molecule has 1 aromatic heterocycles. The van der Waals surface area contributed by atoms with Crippen molar-refractivity contribution in [1.29, 1.82) is 0 Å². The third-order valence-electron chi connectivity index (χ3n) is 3.86. The van der Waals surface area contributed by atoms with Crippen LogP contribution in [0, 0.1) is 6.57 Å². The minimum Gasteiger partial charge on any atom is -0.460 e. The van der Waals surface area contributed by atoms with Gasteiger partial charge in [-0.05, 0) is 69.7 Å². The van der Waals surface area contributed by atoms with Gasteiger partial charge in [0.05, 0.1) is 13.0 Å². The highest BCUT2D eigenvalue weighted by Gasteiger charge is 2.15. The zero-order valence-corrected chi connectivity index (χ0v) is 15.3. The highest BCUT2D eigenvalue weighted by Crippen LogP contribution is 2.25. The van der Waals surface area contributed by atoms with Gasteiger partial charge < -0.3 is 15.0 Å². The first-order valence-corrected chi connectivity index (χ1v) is 8.79. The van der Waals surface area contributed by atoms with Crippen LogP contribution in [0.4, 0.5) is 5.69 Å². The smallest absolute Gasteiger partial charge is 0.307 e. The molecule has 2 N–H and O–H groups in total. The molecule has 0 bridgehead atoms. The van der Waals surface area contributed by atoms with Gasteiger partial charge in [-0.3, -0.25) is 4.79 Å². The van der Waals surface area contributed by atoms with Crippen molar-refractivity contribution in [2.75, 3.05) is 13.1 Å². The molecule has 25 heavy (non-hydrogen) atoms. The number of carbonyl (C=O) groups is 1. The molecule has 0 aliphatic rings. The van der Waals surface area contributed by atoms with Crippen molar-refractivity contribution in [2.45, 2.75) is 52.1 Å². The molecule has 0 saturated heterocycles. The summed E-state index contributed by atoms with van der Waals surface area (Å²) in [5.41, 5.74) is 2.60. The average molecular weight is 341 g/mol. The van der Waals surface area contributed by atoms with Gasteiger partial charge in [-0.1, -0.05) is 6.07 Å². The number of aromatic amines is 1. The van der Waals surface area contributed by atoms with E-state index in [9.17, 15) is 4.79 Å². The first kappa shape index (κ1) is 19.0. The molecule has 2 rings (SSSR count). The van der Waals surface area contributed by atoms with Gasteiger partial charge in [0.15, 0.2) is 5.69 Å². The number of nitrogens with zero attached hydrogens (tertiary/aromatic N) is 1. The predicted molar refractivity (Wildman–Crippen MR) is 101 cm³/mol. The van der Waals surface area contributed by atoms with Crippen LogP contribution in [-0.2, 0) is 16.0 Å². The van der Waals surface area contributed by atoms with Gasteiger partial charge in [-0.25, -0.2) is 4.85 Å². The van der Waals surface area contributed by atoms with E-state index in [2.05, 4.69) is 15.1 Å². The summed E-state index contributed by atoms with van der Waals surface area (Å²) in [7, 11) is 0. The highest BCUT2D eigenvalue weighted by molar-refractivity contribution is 5.86. The Balaban J connectivity index is 1.65. The van der Waals surface area contributed by atoms with Gasteiger partial charge in [0.2, 0.25) is 0 Å². The van der Waals surface area contributed by atoms with Gasteiger partial charge in [-0.2, -0.15) is 0 Å². The second kappa shape index (κ2) is 8.68. The van der Waals surface area contributed by atoms with E-state index in [1.54, 1.807) is 0 Å². The Bertz CT molecular complexity index is 750. The maximum atomic E-state index is 11.6. The molecule has 0 unspecified atom stereocenters. The number of nitrogens with one attached hydrogen (secondary N) is 2. The van der Waals surface area contributed by atoms with E-state index in [0.717, 1.165) is 36.7 Å². The Morgan fingerprint density at radius 1 is 1.28 bits per heavy atom. The zero-order valence-electron chi connectivity index (χ0n) is 15.3. The fourth-order valence-corrected chi connectivity index (χ4v) is 2.72. The van der Waals surface area contributed by atoms with E-state index in [-0.39, 0.29) is 5.97 Å². The number of hydrogen-bond donors (Lipinski definition) is 2. The molecule has 5 heteroatoms. The summed E-state index contributed by atoms with van der Waals surface area (Å²) >= 11 is 0. The molecule has 5 nitrogen and oxygen atoms in total. The number of ether oxygens (including phenoxy) is 1. The third kappa shape index (κ3) is 6.24. The van der Waals surface area contributed by atoms with Crippen molar-refractivity contribution in [2.24, 2.45) is 0 Å². The molecule has 1 heterocycles. The van der Waals surface area contributed by atoms with Gasteiger partial charge in [0, 0.05) is 18.3 Å². The van der Waals surface area contributed by atoms with Gasteiger partial charge in [-0.15, -0.1) is 0 Å². The molecule has 0 fully saturated rings. The van der Waals surface area contributed by atoms with Crippen LogP contribution >= 0.6 is 0 Å². The summed E-state index contributed by atoms with van der Waals surface area (Å²) in [6.45, 7) is 14.3. The topological polar surface area (TPSA) is 58.5 Å². The molecular weight excluding hydrogens is 314 g/mol. The molecule has 2 aromatic rings. The van der Waals surface area contributed by atoms with E-state index >= 15 is 0 Å². The van der Waals surface area contributed by atoms with Crippen molar-refractivity contribution >= 4 is 22.6 Å². The van der Waals surface area contributed by atoms with E-state index in [0.29, 0.717) is 18.7 Å². The van der Waals surface area contributed by atoms with E-state index in [4.69, 9.17) is 11.3 Å². The first-order valence-electron chi connectivity index (χ1n) is 8.79. The number of rotatable bonds is 8. The average Bonchev–Trinajstić information content (AvgIpc) is 2.94. The minimum absolute atomic E-state index is 0.158. The maximum absolute atomic E-state index is 11.6. The lowest BCUT2D eigenvalue weighted by Crippen LogP contribution is -2.27. The Hall–Kier alpha value is -2.32. The van der Waals surface area contributed by atoms with Crippen molar-refractivity contribution in [1.82, 2.24) is 10.3 Å². The van der Waals surface area contributed by atoms with Gasteiger partial charge in [0.25, 0.3) is 0 Å². The fourth-order valence-electron chi connectivity index (χ4n) is 2.72. The molecule has 0 spiro atoms. The molecule has 0 aliphatic carbocycles. The standard InChI is InChI=1S/C20H27N3O2/c1-20(2,3)25-19(24)10-12-22-11-6-5-7-15-14-23-18-9-8-16(21-4)13-17(15)18/h8-9,13-14,22-23H,5-7,10-12H2,1-3H3. The second-order valence-corrected chi connectivity index (χ2v) is 7.20. The van der Waals surface area contributed by atoms with Gasteiger partial charge in [0.1, 0.15) is 5.60 Å². The molecule has 0 atom stereocenters. The molecule has 0 amide bonds. The third-order valence-corrected chi connectivity index (χ3v) is 3.86. The second-order valence-electron chi connectivity index (χ2n) is 7.20. The number of aromatic nitrogens is 1. The minimum atomic E-state index is -0.413. The van der Waals surface area contributed by atoms with Crippen LogP contribution in [0.15, 0.2) is 24.4 Å². The molecule has 0 radical (unpaired) electrons. The Labute approximate surface area is 149 Å². The van der Waals surface area contributed by atoms with E-state index < -0.39 is 5.60 Å². The number of aryl methyl sites for hydroxylation is 1. The number of carbonyl (C=O) groups excluding carboxylic acids is 1. The molecule has 134 valence electrons. The SMILES string of the molecule is [C-]#[N+]c1ccc2[nH]cc(CCCCNCCC(=O)OC(C)(C)C)c2c1. The van der Waals surface area contributed by atoms with Crippen LogP contribution in [0.3, 0.4) is 0 Å². The number of H-pyrrole nitrogens is 1. The lowest BCUT2D eigenvalue weighted by Gasteiger charge is -2.19. The Morgan fingerprint density at radius 2 is 2.08 bits per heavy atom. The summed E-state index contributed by atoms with van der Waals surface area (Å²) in [5.74, 6) is -0.158. The largest absolute Gasteiger partial charge is 0.460 e. The van der Waals surface area contributed by atoms with Crippen LogP contribution in [0.1, 0.15) is 45.6 Å². The van der Waals surface area contributed by atoms with Crippen LogP contribution in [-0.4, -0.2) is 29.6 Å². The molecule has 1 aromatic carbocycles. The van der Waals surface area contributed by atoms with Crippen LogP contribution in [0.25, 0.3) is 15.7 Å². The van der Waals surface area contributed by atoms with Crippen LogP contribution in [0.5, 0.6) is 0 Å². The summed E-state index contributed by atoms with van der Waals surface area (Å²) < 4.78 is 5.27. The van der Waals surface area contributed by atoms with Crippen molar-refractivity contribution in [3.05, 3.63) is 41.4 Å². The van der Waals surface area contributed by atoms with Crippen molar-refractivity contribution in [3.8, 4) is 0 Å². The monoisotopic (exact) mass is 341 g/mol. The lowest BCUT2D eigenvalue weighted by molar-refractivity contribution is -0.154. The number of hydrogen-bond acceptors (Lipinski definition) is 3. The molecule has 0 saturated carbocycles. The van der Waals surface area contributed by atoms with E-state index in [1.165, 1.54) is 5.56 Å². The summed E-state index contributed by atoms with van der Waals surface area (Å²) in [5, 5.41) is 4.43. The van der Waals surface area contributed by atoms with E-state index in [1.807, 2.05) is 45.2 Å². The number of esters is 1. The number of benzene rings is 1. The lowest BCUT2D eigenvalue weighted by atomic mass is 10.1. The number of unbranched alkanes of at least 4 members (excludes halogenated alkanes) is 1. The fraction of sp³-hybridized carbons (Fsp3) is 0.500. The van der Waals surface area contributed by atoms with Crippen LogP contribution in [0.2, 0.25) is 0 Å². The Kier molecular flexibility index (Phi) is 6.60. The molecular formula is C20H27N3O2. The predicted octanol–water partition coefficient (Wildman–Crippen LogP) is 4.36. The Morgan fingerprint density at radius 3 is 2.80 bits per heavy atom. The maximum Gasteiger partial charge on any atom is 0.307 e. The quantitative estimate of drug-likeness (QED) is 0.426. The number of fused-ring (bicyclic) bond motifs is 1. The zero-order chi connectivity index (χ0) is 18.3. The summed E-state index contributed by atoms with van der Waals surface area (Å²) in [6.07, 6.45) is 5.53. The molecule has 0 aliphatic heterocycles. The summed E-state index contributed by atoms with van der Waals surface area (Å²) in [4.78, 5) is 18.4. The van der Waals surface area contributed by atoms with Crippen LogP contribution < -0.4 is 5.32 Å². The van der Waals surface area contributed by atoms with Crippen molar-refractivity contribution < 1.29 is 9.53 Å². The highest BCUT2D eigenvalue weighted by atomic mass is 16.6. The first-order chi connectivity index (χ1) is 11.9. The van der Waals surface area contributed by atoms with Gasteiger partial charge >= 0.3 is 5.97 Å². The normalized spacial score (nSPS) is 11.4.